The summed E-state index contributed by atoms with van der Waals surface area (Å²) in [6.45, 7) is 0. The summed E-state index contributed by atoms with van der Waals surface area (Å²) in [5.74, 6) is 0. The number of rotatable bonds is 0. The Balaban J connectivity index is 0. The fourth-order valence-electron chi connectivity index (χ4n) is 0. The van der Waals surface area contributed by atoms with Crippen molar-refractivity contribution < 1.29 is 35.7 Å². The molecule has 0 aromatic rings. The van der Waals surface area contributed by atoms with E-state index in [2.05, 4.69) is 0 Å². The van der Waals surface area contributed by atoms with Crippen LogP contribution in [0.3, 0.4) is 0 Å². The Morgan fingerprint density at radius 1 is 1.17 bits per heavy atom. The van der Waals surface area contributed by atoms with Gasteiger partial charge in [-0.1, -0.05) is 0 Å². The van der Waals surface area contributed by atoms with Crippen LogP contribution in [0.5, 0.6) is 0 Å². The SMILES string of the molecule is OP(O)O.[O]=[V]. The Morgan fingerprint density at radius 3 is 1.17 bits per heavy atom. The monoisotopic (exact) mass is 149 g/mol. The van der Waals surface area contributed by atoms with Gasteiger partial charge >= 0.3 is 29.6 Å². The van der Waals surface area contributed by atoms with E-state index in [-0.39, 0.29) is 0 Å². The van der Waals surface area contributed by atoms with Crippen LogP contribution in [-0.4, -0.2) is 14.7 Å². The summed E-state index contributed by atoms with van der Waals surface area (Å²) < 4.78 is 8.19. The van der Waals surface area contributed by atoms with Gasteiger partial charge in [0.1, 0.15) is 0 Å². The molecule has 0 bridgehead atoms. The predicted octanol–water partition coefficient (Wildman–Crippen LogP) is -0.931. The number of hydrogen-bond donors (Lipinski definition) is 3. The molecule has 6 heteroatoms. The van der Waals surface area contributed by atoms with Gasteiger partial charge in [-0.25, -0.2) is 0 Å². The second-order valence-electron chi connectivity index (χ2n) is 0.268. The molecule has 0 aliphatic heterocycles. The molecule has 0 rings (SSSR count). The zero-order chi connectivity index (χ0) is 5.58. The molecule has 0 aromatic carbocycles. The summed E-state index contributed by atoms with van der Waals surface area (Å²) in [5, 5.41) is 0. The number of hydrogen-bond acceptors (Lipinski definition) is 4. The molecular weight excluding hydrogens is 146 g/mol. The standard InChI is InChI=1S/H3O3P.O.V/c1-4(2)3;;/h1-3H;;. The van der Waals surface area contributed by atoms with Crippen LogP contribution in [0.2, 0.25) is 0 Å². The molecule has 0 aliphatic rings. The summed E-state index contributed by atoms with van der Waals surface area (Å²) in [7, 11) is -2.62. The van der Waals surface area contributed by atoms with E-state index in [1.165, 1.54) is 0 Å². The van der Waals surface area contributed by atoms with Crippen molar-refractivity contribution >= 4 is 8.60 Å². The van der Waals surface area contributed by atoms with E-state index in [1.54, 1.807) is 0 Å². The van der Waals surface area contributed by atoms with Gasteiger partial charge in [0, 0.05) is 0 Å². The van der Waals surface area contributed by atoms with Crippen molar-refractivity contribution in [1.29, 1.82) is 0 Å². The van der Waals surface area contributed by atoms with Crippen LogP contribution in [-0.2, 0) is 21.0 Å². The Kier molecular flexibility index (Phi) is 15.1. The third-order valence-electron chi connectivity index (χ3n) is 0. The fraction of sp³-hybridized carbons (Fsp3) is 0. The van der Waals surface area contributed by atoms with Crippen molar-refractivity contribution in [3.8, 4) is 0 Å². The van der Waals surface area contributed by atoms with Gasteiger partial charge in [-0.15, -0.1) is 0 Å². The van der Waals surface area contributed by atoms with E-state index in [4.69, 9.17) is 18.4 Å². The van der Waals surface area contributed by atoms with Gasteiger partial charge < -0.3 is 14.7 Å². The van der Waals surface area contributed by atoms with Crippen molar-refractivity contribution in [2.24, 2.45) is 0 Å². The molecule has 0 saturated heterocycles. The van der Waals surface area contributed by atoms with Crippen LogP contribution in [0.25, 0.3) is 0 Å². The minimum absolute atomic E-state index is 1.06. The van der Waals surface area contributed by atoms with Crippen LogP contribution in [0, 0.1) is 0 Å². The summed E-state index contributed by atoms with van der Waals surface area (Å²) >= 11 is 1.06. The van der Waals surface area contributed by atoms with E-state index < -0.39 is 8.60 Å². The Hall–Kier alpha value is 0.694. The van der Waals surface area contributed by atoms with Gasteiger partial charge in [0.2, 0.25) is 0 Å². The topological polar surface area (TPSA) is 77.8 Å². The average molecular weight is 149 g/mol. The third kappa shape index (κ3) is 133. The molecule has 0 saturated carbocycles. The second-order valence-corrected chi connectivity index (χ2v) is 0.805. The van der Waals surface area contributed by atoms with Crippen LogP contribution >= 0.6 is 8.60 Å². The summed E-state index contributed by atoms with van der Waals surface area (Å²) in [6.07, 6.45) is 0. The minimum atomic E-state index is -2.62. The average Bonchev–Trinajstić information content (AvgIpc) is 1.41. The molecular formula is H3O4PV. The van der Waals surface area contributed by atoms with Crippen molar-refractivity contribution in [3.63, 3.8) is 0 Å². The van der Waals surface area contributed by atoms with Crippen LogP contribution in [0.4, 0.5) is 0 Å². The van der Waals surface area contributed by atoms with Gasteiger partial charge in [0.25, 0.3) is 0 Å². The molecule has 0 amide bonds. The Morgan fingerprint density at radius 2 is 1.17 bits per heavy atom. The molecule has 3 N–H and O–H groups in total. The first-order valence-electron chi connectivity index (χ1n) is 0.783. The molecule has 0 aliphatic carbocycles. The van der Waals surface area contributed by atoms with Crippen LogP contribution in [0.15, 0.2) is 0 Å². The van der Waals surface area contributed by atoms with Crippen molar-refractivity contribution in [1.82, 2.24) is 0 Å². The van der Waals surface area contributed by atoms with Gasteiger partial charge in [-0.05, 0) is 0 Å². The van der Waals surface area contributed by atoms with Crippen LogP contribution < -0.4 is 0 Å². The summed E-state index contributed by atoms with van der Waals surface area (Å²) in [5.41, 5.74) is 0. The molecule has 0 spiro atoms. The Bertz CT molecular complexity index is 18.8. The van der Waals surface area contributed by atoms with Gasteiger partial charge in [-0.2, -0.15) is 0 Å². The molecule has 0 aromatic heterocycles. The van der Waals surface area contributed by atoms with Crippen LogP contribution in [0.1, 0.15) is 0 Å². The van der Waals surface area contributed by atoms with Crippen molar-refractivity contribution in [3.05, 3.63) is 0 Å². The molecule has 37 valence electrons. The molecule has 0 fully saturated rings. The maximum absolute atomic E-state index is 8.19. The van der Waals surface area contributed by atoms with Gasteiger partial charge in [0.15, 0.2) is 0 Å². The van der Waals surface area contributed by atoms with Crippen molar-refractivity contribution in [2.75, 3.05) is 0 Å². The molecule has 0 atom stereocenters. The summed E-state index contributed by atoms with van der Waals surface area (Å²) in [4.78, 5) is 21.7. The zero-order valence-electron chi connectivity index (χ0n) is 2.64. The predicted molar refractivity (Wildman–Crippen MR) is 14.3 cm³/mol. The summed E-state index contributed by atoms with van der Waals surface area (Å²) in [6, 6.07) is 0. The first kappa shape index (κ1) is 9.85. The normalized spacial score (nSPS) is 6.50. The Labute approximate surface area is 45.0 Å². The van der Waals surface area contributed by atoms with E-state index >= 15 is 0 Å². The van der Waals surface area contributed by atoms with E-state index in [0.717, 1.165) is 17.4 Å². The van der Waals surface area contributed by atoms with E-state index in [1.807, 2.05) is 0 Å². The molecule has 0 radical (unpaired) electrons. The van der Waals surface area contributed by atoms with Gasteiger partial charge in [0.05, 0.1) is 0 Å². The van der Waals surface area contributed by atoms with Gasteiger partial charge in [-0.3, -0.25) is 0 Å². The first-order chi connectivity index (χ1) is 2.73. The molecule has 6 heavy (non-hydrogen) atoms. The first-order valence-corrected chi connectivity index (χ1v) is 2.55. The fourth-order valence-corrected chi connectivity index (χ4v) is 0. The molecule has 4 nitrogen and oxygen atoms in total. The van der Waals surface area contributed by atoms with E-state index in [0.29, 0.717) is 0 Å². The van der Waals surface area contributed by atoms with E-state index in [9.17, 15) is 0 Å². The molecule has 0 heterocycles. The zero-order valence-corrected chi connectivity index (χ0v) is 4.94. The quantitative estimate of drug-likeness (QED) is 0.388. The maximum atomic E-state index is 8.19. The second kappa shape index (κ2) is 9.19. The van der Waals surface area contributed by atoms with Crippen molar-refractivity contribution in [2.45, 2.75) is 0 Å². The third-order valence-corrected chi connectivity index (χ3v) is 0. The molecule has 0 unspecified atom stereocenters.